The second-order valence-electron chi connectivity index (χ2n) is 3.75. The number of hydrogen-bond donors (Lipinski definition) is 2. The molecule has 6 nitrogen and oxygen atoms in total. The smallest absolute Gasteiger partial charge is 0.480 e. The van der Waals surface area contributed by atoms with Crippen molar-refractivity contribution < 1.29 is 32.6 Å². The summed E-state index contributed by atoms with van der Waals surface area (Å²) in [6, 6.07) is 3.76. The van der Waals surface area contributed by atoms with Crippen LogP contribution in [-0.2, 0) is 4.79 Å². The normalized spacial score (nSPS) is 10.8. The Hall–Kier alpha value is -2.45. The quantitative estimate of drug-likeness (QED) is 0.891. The highest BCUT2D eigenvalue weighted by Crippen LogP contribution is 2.23. The number of anilines is 1. The molecule has 0 saturated carbocycles. The van der Waals surface area contributed by atoms with Gasteiger partial charge in [0.1, 0.15) is 12.3 Å². The molecule has 0 unspecified atom stereocenters. The molecule has 2 N–H and O–H groups in total. The van der Waals surface area contributed by atoms with E-state index in [0.717, 1.165) is 17.0 Å². The Labute approximate surface area is 111 Å². The number of likely N-dealkylation sites (N-methyl/N-ethyl adjacent to an activating group) is 1. The van der Waals surface area contributed by atoms with Gasteiger partial charge in [-0.2, -0.15) is 0 Å². The number of aliphatic carboxylic acids is 1. The van der Waals surface area contributed by atoms with Crippen molar-refractivity contribution in [1.29, 1.82) is 0 Å². The highest BCUT2D eigenvalue weighted by molar-refractivity contribution is 5.91. The summed E-state index contributed by atoms with van der Waals surface area (Å²) in [5.41, 5.74) is 0.210. The molecule has 0 radical (unpaired) electrons. The third-order valence-corrected chi connectivity index (χ3v) is 2.06. The SMILES string of the molecule is CN(CC(=O)O)C(=O)Nc1ccc(OC(F)(F)F)cc1. The van der Waals surface area contributed by atoms with Gasteiger partial charge < -0.3 is 20.1 Å². The topological polar surface area (TPSA) is 78.9 Å². The number of nitrogens with zero attached hydrogens (tertiary/aromatic N) is 1. The van der Waals surface area contributed by atoms with Gasteiger partial charge >= 0.3 is 18.4 Å². The van der Waals surface area contributed by atoms with Gasteiger partial charge in [-0.25, -0.2) is 4.79 Å². The maximum atomic E-state index is 11.9. The zero-order valence-corrected chi connectivity index (χ0v) is 10.3. The zero-order valence-electron chi connectivity index (χ0n) is 10.3. The van der Waals surface area contributed by atoms with E-state index in [1.165, 1.54) is 19.2 Å². The Morgan fingerprint density at radius 2 is 1.85 bits per heavy atom. The standard InChI is InChI=1S/C11H11F3N2O4/c1-16(6-9(17)18)10(19)15-7-2-4-8(5-3-7)20-11(12,13)14/h2-5H,6H2,1H3,(H,15,19)(H,17,18). The molecule has 0 aliphatic carbocycles. The van der Waals surface area contributed by atoms with E-state index in [0.29, 0.717) is 0 Å². The minimum Gasteiger partial charge on any atom is -0.480 e. The van der Waals surface area contributed by atoms with Gasteiger partial charge in [0.05, 0.1) is 0 Å². The van der Waals surface area contributed by atoms with E-state index >= 15 is 0 Å². The fraction of sp³-hybridized carbons (Fsp3) is 0.273. The van der Waals surface area contributed by atoms with Gasteiger partial charge in [0.2, 0.25) is 0 Å². The fourth-order valence-electron chi connectivity index (χ4n) is 1.23. The average Bonchev–Trinajstić information content (AvgIpc) is 2.28. The van der Waals surface area contributed by atoms with Crippen molar-refractivity contribution in [1.82, 2.24) is 4.90 Å². The average molecular weight is 292 g/mol. The van der Waals surface area contributed by atoms with E-state index in [-0.39, 0.29) is 5.69 Å². The number of hydrogen-bond acceptors (Lipinski definition) is 3. The Morgan fingerprint density at radius 3 is 2.30 bits per heavy atom. The van der Waals surface area contributed by atoms with Crippen molar-refractivity contribution >= 4 is 17.7 Å². The minimum atomic E-state index is -4.79. The Kier molecular flexibility index (Phi) is 4.78. The van der Waals surface area contributed by atoms with Gasteiger partial charge in [0.25, 0.3) is 0 Å². The van der Waals surface area contributed by atoms with Crippen LogP contribution in [-0.4, -0.2) is 42.0 Å². The lowest BCUT2D eigenvalue weighted by Gasteiger charge is -2.15. The third kappa shape index (κ3) is 5.46. The Bertz CT molecular complexity index is 487. The maximum Gasteiger partial charge on any atom is 0.573 e. The summed E-state index contributed by atoms with van der Waals surface area (Å²) in [4.78, 5) is 22.8. The predicted octanol–water partition coefficient (Wildman–Crippen LogP) is 2.13. The van der Waals surface area contributed by atoms with Crippen LogP contribution < -0.4 is 10.1 Å². The number of halogens is 3. The number of alkyl halides is 3. The number of urea groups is 1. The van der Waals surface area contributed by atoms with Crippen LogP contribution in [0.5, 0.6) is 5.75 Å². The summed E-state index contributed by atoms with van der Waals surface area (Å²) in [6.07, 6.45) is -4.79. The summed E-state index contributed by atoms with van der Waals surface area (Å²) < 4.78 is 39.4. The molecule has 2 amide bonds. The Balaban J connectivity index is 2.61. The van der Waals surface area contributed by atoms with Crippen LogP contribution in [0.3, 0.4) is 0 Å². The van der Waals surface area contributed by atoms with Gasteiger partial charge in [-0.15, -0.1) is 13.2 Å². The van der Waals surface area contributed by atoms with E-state index in [2.05, 4.69) is 10.1 Å². The van der Waals surface area contributed by atoms with E-state index in [9.17, 15) is 22.8 Å². The van der Waals surface area contributed by atoms with Gasteiger partial charge in [0.15, 0.2) is 0 Å². The molecular formula is C11H11F3N2O4. The molecule has 110 valence electrons. The molecule has 0 aromatic heterocycles. The molecule has 0 saturated heterocycles. The number of benzene rings is 1. The first-order valence-electron chi connectivity index (χ1n) is 5.27. The molecule has 0 fully saturated rings. The largest absolute Gasteiger partial charge is 0.573 e. The van der Waals surface area contributed by atoms with E-state index in [1.807, 2.05) is 0 Å². The summed E-state index contributed by atoms with van der Waals surface area (Å²) in [6.45, 7) is -0.499. The van der Waals surface area contributed by atoms with Gasteiger partial charge in [0, 0.05) is 12.7 Å². The third-order valence-electron chi connectivity index (χ3n) is 2.06. The summed E-state index contributed by atoms with van der Waals surface area (Å²) in [5.74, 6) is -1.61. The van der Waals surface area contributed by atoms with Crippen LogP contribution in [0.15, 0.2) is 24.3 Å². The second-order valence-corrected chi connectivity index (χ2v) is 3.75. The number of carboxylic acid groups (broad SMARTS) is 1. The van der Waals surface area contributed by atoms with Crippen LogP contribution in [0.2, 0.25) is 0 Å². The lowest BCUT2D eigenvalue weighted by molar-refractivity contribution is -0.274. The second kappa shape index (κ2) is 6.13. The van der Waals surface area contributed by atoms with Crippen molar-refractivity contribution in [3.05, 3.63) is 24.3 Å². The number of carbonyl (C=O) groups is 2. The lowest BCUT2D eigenvalue weighted by atomic mass is 10.3. The first kappa shape index (κ1) is 15.6. The van der Waals surface area contributed by atoms with Gasteiger partial charge in [-0.05, 0) is 24.3 Å². The molecule has 1 rings (SSSR count). The van der Waals surface area contributed by atoms with Crippen LogP contribution >= 0.6 is 0 Å². The van der Waals surface area contributed by atoms with Gasteiger partial charge in [-0.3, -0.25) is 4.79 Å². The molecule has 0 aliphatic heterocycles. The van der Waals surface area contributed by atoms with Crippen molar-refractivity contribution in [3.8, 4) is 5.75 Å². The summed E-state index contributed by atoms with van der Waals surface area (Å²) in [5, 5.41) is 10.8. The monoisotopic (exact) mass is 292 g/mol. The number of carboxylic acids is 1. The van der Waals surface area contributed by atoms with Gasteiger partial charge in [-0.1, -0.05) is 0 Å². The lowest BCUT2D eigenvalue weighted by Crippen LogP contribution is -2.35. The number of amides is 2. The van der Waals surface area contributed by atoms with Crippen molar-refractivity contribution in [3.63, 3.8) is 0 Å². The zero-order chi connectivity index (χ0) is 15.3. The maximum absolute atomic E-state index is 11.9. The summed E-state index contributed by atoms with van der Waals surface area (Å²) >= 11 is 0. The summed E-state index contributed by atoms with van der Waals surface area (Å²) in [7, 11) is 1.27. The molecule has 0 atom stereocenters. The molecule has 1 aromatic carbocycles. The minimum absolute atomic E-state index is 0.210. The van der Waals surface area contributed by atoms with Crippen molar-refractivity contribution in [2.75, 3.05) is 18.9 Å². The van der Waals surface area contributed by atoms with E-state index < -0.39 is 30.7 Å². The highest BCUT2D eigenvalue weighted by atomic mass is 19.4. The van der Waals surface area contributed by atoms with Crippen molar-refractivity contribution in [2.45, 2.75) is 6.36 Å². The first-order chi connectivity index (χ1) is 9.17. The molecule has 9 heteroatoms. The number of nitrogens with one attached hydrogen (secondary N) is 1. The van der Waals surface area contributed by atoms with E-state index in [4.69, 9.17) is 5.11 Å². The Morgan fingerprint density at radius 1 is 1.30 bits per heavy atom. The number of carbonyl (C=O) groups excluding carboxylic acids is 1. The first-order valence-corrected chi connectivity index (χ1v) is 5.27. The van der Waals surface area contributed by atoms with Crippen LogP contribution in [0.4, 0.5) is 23.7 Å². The molecule has 0 spiro atoms. The fourth-order valence-corrected chi connectivity index (χ4v) is 1.23. The van der Waals surface area contributed by atoms with Crippen LogP contribution in [0, 0.1) is 0 Å². The molecule has 0 aliphatic rings. The van der Waals surface area contributed by atoms with Crippen LogP contribution in [0.1, 0.15) is 0 Å². The predicted molar refractivity (Wildman–Crippen MR) is 62.4 cm³/mol. The molecular weight excluding hydrogens is 281 g/mol. The number of rotatable bonds is 4. The molecule has 1 aromatic rings. The van der Waals surface area contributed by atoms with Crippen molar-refractivity contribution in [2.24, 2.45) is 0 Å². The number of ether oxygens (including phenoxy) is 1. The van der Waals surface area contributed by atoms with E-state index in [1.54, 1.807) is 0 Å². The molecule has 20 heavy (non-hydrogen) atoms. The molecule has 0 heterocycles. The molecule has 0 bridgehead atoms. The highest BCUT2D eigenvalue weighted by Gasteiger charge is 2.30. The van der Waals surface area contributed by atoms with Crippen LogP contribution in [0.25, 0.3) is 0 Å².